The van der Waals surface area contributed by atoms with Gasteiger partial charge in [-0.1, -0.05) is 72.8 Å². The third kappa shape index (κ3) is 15.5. The molecule has 0 spiro atoms. The van der Waals surface area contributed by atoms with Crippen molar-refractivity contribution in [2.75, 3.05) is 0 Å². The predicted molar refractivity (Wildman–Crippen MR) is 214 cm³/mol. The van der Waals surface area contributed by atoms with E-state index in [1.807, 2.05) is 12.2 Å². The summed E-state index contributed by atoms with van der Waals surface area (Å²) < 4.78 is 3.11. The second-order valence-electron chi connectivity index (χ2n) is 11.6. The summed E-state index contributed by atoms with van der Waals surface area (Å²) in [6.45, 7) is 12.7. The fourth-order valence-corrected chi connectivity index (χ4v) is 4.81. The molecule has 2 aliphatic carbocycles. The summed E-state index contributed by atoms with van der Waals surface area (Å²) in [7, 11) is 0. The van der Waals surface area contributed by atoms with Gasteiger partial charge in [0.05, 0.1) is 0 Å². The third-order valence-corrected chi connectivity index (χ3v) is 6.79. The van der Waals surface area contributed by atoms with Crippen LogP contribution in [0.2, 0.25) is 0 Å². The van der Waals surface area contributed by atoms with Crippen molar-refractivity contribution in [1.82, 2.24) is 0 Å². The average molecular weight is 1000 g/mol. The van der Waals surface area contributed by atoms with Gasteiger partial charge in [0.25, 0.3) is 0 Å². The minimum atomic E-state index is 0. The summed E-state index contributed by atoms with van der Waals surface area (Å²) in [4.78, 5) is 0. The van der Waals surface area contributed by atoms with Gasteiger partial charge >= 0.3 is 82.0 Å². The van der Waals surface area contributed by atoms with E-state index in [0.717, 1.165) is 12.8 Å². The summed E-state index contributed by atoms with van der Waals surface area (Å²) in [5, 5.41) is 10.8. The van der Waals surface area contributed by atoms with Gasteiger partial charge in [-0.05, 0) is 0 Å². The molecule has 6 aromatic rings. The van der Waals surface area contributed by atoms with Gasteiger partial charge in [-0.2, -0.15) is 12.2 Å². The quantitative estimate of drug-likeness (QED) is 0.105. The number of halogens is 2. The van der Waals surface area contributed by atoms with Crippen LogP contribution in [0.3, 0.4) is 0 Å². The molecule has 6 aromatic carbocycles. The predicted octanol–water partition coefficient (Wildman–Crippen LogP) is 13.1. The molecule has 0 aliphatic heterocycles. The van der Waals surface area contributed by atoms with Crippen molar-refractivity contribution in [3.8, 4) is 0 Å². The van der Waals surface area contributed by atoms with E-state index < -0.39 is 0 Å². The SMILES string of the molecule is CC1=CC[C-]=C1.CC1=CC[C-]=C1.C[C](C)=[Hf+2].C[C](C)=[Hf+2].Cl.Cl.c1ccc2c(c1)[cH-]c1ccccc12.c1ccc2c(c1)[cH-]c1ccccc12. The molecular weight excluding hydrogens is 956 g/mol. The van der Waals surface area contributed by atoms with Crippen LogP contribution in [0.15, 0.2) is 145 Å². The van der Waals surface area contributed by atoms with E-state index in [9.17, 15) is 0 Å². The van der Waals surface area contributed by atoms with Crippen LogP contribution in [-0.2, 0) is 47.8 Å². The summed E-state index contributed by atoms with van der Waals surface area (Å²) in [5.41, 5.74) is 2.69. The van der Waals surface area contributed by atoms with Gasteiger partial charge in [0.15, 0.2) is 0 Å². The molecule has 0 nitrogen and oxygen atoms in total. The Hall–Kier alpha value is -2.36. The zero-order chi connectivity index (χ0) is 33.3. The van der Waals surface area contributed by atoms with Crippen molar-refractivity contribution in [3.05, 3.63) is 157 Å². The molecule has 0 N–H and O–H groups in total. The van der Waals surface area contributed by atoms with E-state index in [2.05, 4.69) is 175 Å². The Bertz CT molecular complexity index is 1740. The van der Waals surface area contributed by atoms with Crippen molar-refractivity contribution >= 4 is 74.4 Å². The van der Waals surface area contributed by atoms with Crippen molar-refractivity contribution in [2.45, 2.75) is 54.4 Å². The Morgan fingerprint density at radius 1 is 0.479 bits per heavy atom. The molecule has 0 heterocycles. The molecule has 0 atom stereocenters. The first-order valence-electron chi connectivity index (χ1n) is 15.7. The van der Waals surface area contributed by atoms with Gasteiger partial charge in [0.1, 0.15) is 0 Å². The largest absolute Gasteiger partial charge is 0.147 e. The van der Waals surface area contributed by atoms with Crippen LogP contribution >= 0.6 is 24.8 Å². The van der Waals surface area contributed by atoms with E-state index in [-0.39, 0.29) is 24.8 Å². The van der Waals surface area contributed by atoms with Crippen LogP contribution in [0.25, 0.3) is 43.1 Å². The van der Waals surface area contributed by atoms with Gasteiger partial charge in [-0.15, -0.1) is 131 Å². The summed E-state index contributed by atoms with van der Waals surface area (Å²) in [6, 6.07) is 38.5. The van der Waals surface area contributed by atoms with Crippen LogP contribution in [-0.4, -0.2) is 6.51 Å². The Morgan fingerprint density at radius 3 is 0.875 bits per heavy atom. The molecule has 0 radical (unpaired) electrons. The molecule has 0 saturated heterocycles. The Kier molecular flexibility index (Phi) is 21.7. The molecule has 0 saturated carbocycles. The first-order chi connectivity index (χ1) is 22.2. The zero-order valence-electron chi connectivity index (χ0n) is 28.9. The minimum absolute atomic E-state index is 0. The number of benzene rings is 4. The van der Waals surface area contributed by atoms with Crippen LogP contribution in [0.4, 0.5) is 0 Å². The maximum atomic E-state index is 3.05. The van der Waals surface area contributed by atoms with Crippen LogP contribution in [0, 0.1) is 12.2 Å². The fraction of sp³-hybridized carbons (Fsp3) is 0.182. The van der Waals surface area contributed by atoms with E-state index in [1.54, 1.807) is 6.51 Å². The van der Waals surface area contributed by atoms with Gasteiger partial charge in [-0.3, -0.25) is 12.2 Å². The molecule has 244 valence electrons. The Morgan fingerprint density at radius 2 is 0.708 bits per heavy atom. The van der Waals surface area contributed by atoms with E-state index in [0.29, 0.717) is 0 Å². The maximum absolute atomic E-state index is 3.05. The van der Waals surface area contributed by atoms with Gasteiger partial charge in [-0.25, -0.2) is 23.3 Å². The average Bonchev–Trinajstić information content (AvgIpc) is 3.84. The third-order valence-electron chi connectivity index (χ3n) is 6.79. The van der Waals surface area contributed by atoms with Crippen molar-refractivity contribution in [1.29, 1.82) is 0 Å². The van der Waals surface area contributed by atoms with Crippen LogP contribution < -0.4 is 0 Å². The maximum Gasteiger partial charge on any atom is -0.0771 e. The van der Waals surface area contributed by atoms with E-state index in [4.69, 9.17) is 0 Å². The smallest absolute Gasteiger partial charge is 0.0771 e. The summed E-state index contributed by atoms with van der Waals surface area (Å²) in [6.07, 6.45) is 16.5. The molecule has 48 heavy (non-hydrogen) atoms. The minimum Gasteiger partial charge on any atom is -0.147 e. The standard InChI is InChI=1S/2C13H9.2C6H7.2C3H6.2ClH.2Hf/c2*1-3-7-12-10(5-1)9-11-6-2-4-8-13(11)12;2*1-6-4-2-3-5-6;2*1-3-2;;;;/h2*1-9H;2*4-5H,2H2,1H3;2*1-2H3;2*1H;;/q4*-1;;;;;2*+2. The molecular formula is C44H46Cl2Hf2. The van der Waals surface area contributed by atoms with Gasteiger partial charge in [0, 0.05) is 0 Å². The molecule has 4 heteroatoms. The number of allylic oxidation sites excluding steroid dienone is 8. The van der Waals surface area contributed by atoms with Crippen molar-refractivity contribution in [3.63, 3.8) is 0 Å². The molecule has 0 fully saturated rings. The molecule has 2 aliphatic rings. The molecule has 0 amide bonds. The molecule has 0 unspecified atom stereocenters. The topological polar surface area (TPSA) is 0 Å². The monoisotopic (exact) mass is 1000 g/mol. The molecule has 0 bridgehead atoms. The first-order valence-corrected chi connectivity index (χ1v) is 19.3. The van der Waals surface area contributed by atoms with Crippen LogP contribution in [0.5, 0.6) is 0 Å². The zero-order valence-corrected chi connectivity index (χ0v) is 37.8. The number of fused-ring (bicyclic) bond motifs is 6. The number of rotatable bonds is 0. The number of hydrogen-bond acceptors (Lipinski definition) is 0. The van der Waals surface area contributed by atoms with E-state index in [1.165, 1.54) is 102 Å². The second-order valence-corrected chi connectivity index (χ2v) is 18.8. The Balaban J connectivity index is 0.000000307. The van der Waals surface area contributed by atoms with Gasteiger partial charge < -0.3 is 0 Å². The summed E-state index contributed by atoms with van der Waals surface area (Å²) >= 11 is 2.53. The van der Waals surface area contributed by atoms with Crippen molar-refractivity contribution < 1.29 is 47.8 Å². The second kappa shape index (κ2) is 23.9. The summed E-state index contributed by atoms with van der Waals surface area (Å²) in [5.74, 6) is 0. The van der Waals surface area contributed by atoms with Gasteiger partial charge in [0.2, 0.25) is 0 Å². The molecule has 8 rings (SSSR count). The number of hydrogen-bond donors (Lipinski definition) is 0. The molecule has 0 aromatic heterocycles. The Labute approximate surface area is 330 Å². The van der Waals surface area contributed by atoms with Crippen molar-refractivity contribution in [2.24, 2.45) is 0 Å². The van der Waals surface area contributed by atoms with Crippen LogP contribution in [0.1, 0.15) is 54.4 Å². The first kappa shape index (κ1) is 43.7. The normalized spacial score (nSPS) is 11.8. The van der Waals surface area contributed by atoms with E-state index >= 15 is 0 Å². The fourth-order valence-electron chi connectivity index (χ4n) is 4.81.